The highest BCUT2D eigenvalue weighted by Crippen LogP contribution is 2.35. The maximum absolute atomic E-state index is 15.0. The third kappa shape index (κ3) is 10.3. The first-order chi connectivity index (χ1) is 29.5. The van der Waals surface area contributed by atoms with Gasteiger partial charge in [0.1, 0.15) is 17.5 Å². The second-order valence-electron chi connectivity index (χ2n) is 18.1. The first-order valence-corrected chi connectivity index (χ1v) is 22.5. The molecule has 3 aliphatic heterocycles. The lowest BCUT2D eigenvalue weighted by molar-refractivity contribution is -0.140. The van der Waals surface area contributed by atoms with Gasteiger partial charge in [0.05, 0.1) is 35.4 Å². The predicted molar refractivity (Wildman–Crippen MR) is 226 cm³/mol. The highest BCUT2D eigenvalue weighted by atomic mass is 19.1. The van der Waals surface area contributed by atoms with Crippen LogP contribution in [0, 0.1) is 11.7 Å². The molecule has 0 spiro atoms. The number of nitrogens with one attached hydrogen (secondary N) is 2. The molecule has 328 valence electrons. The van der Waals surface area contributed by atoms with Crippen molar-refractivity contribution in [2.24, 2.45) is 5.92 Å². The number of benzene rings is 2. The van der Waals surface area contributed by atoms with E-state index in [2.05, 4.69) is 20.4 Å². The Kier molecular flexibility index (Phi) is 13.3. The van der Waals surface area contributed by atoms with Crippen LogP contribution in [0.2, 0.25) is 0 Å². The van der Waals surface area contributed by atoms with Crippen LogP contribution in [-0.2, 0) is 25.5 Å². The number of H-pyrrole nitrogens is 1. The van der Waals surface area contributed by atoms with Crippen molar-refractivity contribution in [3.63, 3.8) is 0 Å². The third-order valence-corrected chi connectivity index (χ3v) is 13.8. The Hall–Kier alpha value is -4.89. The van der Waals surface area contributed by atoms with E-state index in [9.17, 15) is 24.0 Å². The normalized spacial score (nSPS) is 21.2. The van der Waals surface area contributed by atoms with Crippen LogP contribution in [0.3, 0.4) is 0 Å². The molecule has 2 N–H and O–H groups in total. The molecule has 3 saturated heterocycles. The zero-order chi connectivity index (χ0) is 42.5. The van der Waals surface area contributed by atoms with Gasteiger partial charge in [0.15, 0.2) is 0 Å². The van der Waals surface area contributed by atoms with Crippen LogP contribution in [0.25, 0.3) is 10.8 Å². The van der Waals surface area contributed by atoms with Crippen LogP contribution in [0.15, 0.2) is 47.3 Å². The van der Waals surface area contributed by atoms with E-state index in [0.717, 1.165) is 83.7 Å². The van der Waals surface area contributed by atoms with E-state index in [1.54, 1.807) is 34.1 Å². The number of carbonyl (C=O) groups excluding carboxylic acids is 4. The van der Waals surface area contributed by atoms with Gasteiger partial charge in [-0.25, -0.2) is 14.3 Å². The summed E-state index contributed by atoms with van der Waals surface area (Å²) in [5.41, 5.74) is 0.592. The summed E-state index contributed by atoms with van der Waals surface area (Å²) >= 11 is 0. The van der Waals surface area contributed by atoms with Gasteiger partial charge in [0.2, 0.25) is 11.8 Å². The Labute approximate surface area is 356 Å². The smallest absolute Gasteiger partial charge is 0.408 e. The zero-order valence-corrected chi connectivity index (χ0v) is 35.4. The topological polar surface area (TPSA) is 157 Å². The maximum Gasteiger partial charge on any atom is 0.408 e. The van der Waals surface area contributed by atoms with Crippen molar-refractivity contribution < 1.29 is 33.0 Å². The fourth-order valence-corrected chi connectivity index (χ4v) is 9.86. The van der Waals surface area contributed by atoms with E-state index in [4.69, 9.17) is 9.47 Å². The van der Waals surface area contributed by atoms with Crippen molar-refractivity contribution in [1.29, 1.82) is 0 Å². The summed E-state index contributed by atoms with van der Waals surface area (Å²) in [5.74, 6) is -0.877. The fourth-order valence-electron chi connectivity index (χ4n) is 9.86. The monoisotopic (exact) mass is 841 g/mol. The van der Waals surface area contributed by atoms with Gasteiger partial charge >= 0.3 is 6.09 Å². The van der Waals surface area contributed by atoms with Crippen molar-refractivity contribution >= 4 is 34.6 Å². The van der Waals surface area contributed by atoms with Crippen LogP contribution in [-0.4, -0.2) is 136 Å². The van der Waals surface area contributed by atoms with Gasteiger partial charge in [-0.2, -0.15) is 5.10 Å². The minimum Gasteiger partial charge on any atom is -0.443 e. The molecule has 15 heteroatoms. The molecule has 14 nitrogen and oxygen atoms in total. The maximum atomic E-state index is 15.0. The number of hydrogen-bond acceptors (Lipinski definition) is 9. The number of piperazine rings is 1. The molecular formula is C46H60FN7O7. The van der Waals surface area contributed by atoms with Gasteiger partial charge in [0.25, 0.3) is 11.5 Å². The van der Waals surface area contributed by atoms with E-state index < -0.39 is 29.5 Å². The molecule has 1 atom stereocenters. The second-order valence-corrected chi connectivity index (χ2v) is 18.1. The van der Waals surface area contributed by atoms with Crippen LogP contribution >= 0.6 is 0 Å². The van der Waals surface area contributed by atoms with Crippen molar-refractivity contribution in [2.75, 3.05) is 58.9 Å². The quantitative estimate of drug-likeness (QED) is 0.271. The molecule has 0 unspecified atom stereocenters. The minimum absolute atomic E-state index is 0.00154. The number of aromatic amines is 1. The van der Waals surface area contributed by atoms with Crippen molar-refractivity contribution in [3.8, 4) is 0 Å². The minimum atomic E-state index is -0.607. The van der Waals surface area contributed by atoms with E-state index in [1.165, 1.54) is 12.5 Å². The number of likely N-dealkylation sites (tertiary alicyclic amines) is 2. The molecule has 8 rings (SSSR count). The number of nitrogens with zero attached hydrogens (tertiary/aromatic N) is 5. The van der Waals surface area contributed by atoms with Crippen molar-refractivity contribution in [1.82, 2.24) is 35.1 Å². The van der Waals surface area contributed by atoms with Gasteiger partial charge in [-0.1, -0.05) is 43.5 Å². The summed E-state index contributed by atoms with van der Waals surface area (Å²) in [6.45, 7) is 6.33. The molecule has 4 amide bonds. The van der Waals surface area contributed by atoms with Crippen LogP contribution in [0.5, 0.6) is 0 Å². The Morgan fingerprint density at radius 2 is 1.48 bits per heavy atom. The molecule has 3 aromatic rings. The number of amides is 4. The first kappa shape index (κ1) is 42.8. The molecule has 1 aromatic heterocycles. The molecule has 0 bridgehead atoms. The summed E-state index contributed by atoms with van der Waals surface area (Å²) in [7, 11) is 0. The summed E-state index contributed by atoms with van der Waals surface area (Å²) in [6, 6.07) is 11.1. The number of alkyl carbamates (subject to hydrolysis) is 1. The fraction of sp³-hybridized carbons (Fsp3) is 0.609. The SMILES string of the molecule is CC1(OC(=O)N[C@@H](C(=O)N2CCC(OC3CCN(CC(=O)N4CCN(C(=O)c5cc(Cc6n[nH]c(=O)c7ccccc67)ccc5F)CC4)CC3)CC2)C2CCCCC2)CCC1. The Balaban J connectivity index is 0.754. The molecule has 5 fully saturated rings. The zero-order valence-electron chi connectivity index (χ0n) is 35.4. The number of aromatic nitrogens is 2. The number of halogens is 1. The molecule has 5 aliphatic rings. The van der Waals surface area contributed by atoms with E-state index >= 15 is 4.39 Å². The molecule has 0 radical (unpaired) electrons. The van der Waals surface area contributed by atoms with Crippen LogP contribution < -0.4 is 10.9 Å². The number of carbonyl (C=O) groups is 4. The Morgan fingerprint density at radius 3 is 2.15 bits per heavy atom. The highest BCUT2D eigenvalue weighted by molar-refractivity contribution is 5.95. The molecule has 61 heavy (non-hydrogen) atoms. The van der Waals surface area contributed by atoms with Crippen molar-refractivity contribution in [2.45, 2.75) is 114 Å². The van der Waals surface area contributed by atoms with Gasteiger partial charge in [-0.15, -0.1) is 0 Å². The number of fused-ring (bicyclic) bond motifs is 1. The predicted octanol–water partition coefficient (Wildman–Crippen LogP) is 5.03. The van der Waals surface area contributed by atoms with Crippen LogP contribution in [0.1, 0.15) is 106 Å². The Bertz CT molecular complexity index is 2110. The number of hydrogen-bond donors (Lipinski definition) is 2. The standard InChI is InChI=1S/C46H60FN7O7/c1-46(18-7-19-46)61-45(59)48-41(32-8-3-2-4-9-32)44(58)53-22-16-34(17-23-53)60-33-14-20-51(21-15-33)30-40(55)52-24-26-54(27-25-52)43(57)37-28-31(12-13-38(37)47)29-39-35-10-5-6-11-36(35)42(56)50-49-39/h5-6,10-13,28,32-34,41H,2-4,7-9,14-27,29-30H2,1H3,(H,48,59)(H,50,56)/t41-/m1/s1. The summed E-state index contributed by atoms with van der Waals surface area (Å²) in [5, 5.41) is 11.0. The number of ether oxygens (including phenoxy) is 2. The second kappa shape index (κ2) is 19.0. The summed E-state index contributed by atoms with van der Waals surface area (Å²) < 4.78 is 27.3. The van der Waals surface area contributed by atoms with E-state index in [0.29, 0.717) is 74.3 Å². The van der Waals surface area contributed by atoms with Gasteiger partial charge in [0, 0.05) is 64.2 Å². The molecule has 2 saturated carbocycles. The van der Waals surface area contributed by atoms with Crippen molar-refractivity contribution in [3.05, 3.63) is 75.5 Å². The molecule has 4 heterocycles. The summed E-state index contributed by atoms with van der Waals surface area (Å²) in [6.07, 6.45) is 11.1. The molecule has 2 aliphatic carbocycles. The third-order valence-electron chi connectivity index (χ3n) is 13.8. The molecule has 2 aromatic carbocycles. The first-order valence-electron chi connectivity index (χ1n) is 22.5. The summed E-state index contributed by atoms with van der Waals surface area (Å²) in [4.78, 5) is 73.4. The van der Waals surface area contributed by atoms with Gasteiger partial charge in [-0.3, -0.25) is 24.1 Å². The average Bonchev–Trinajstić information content (AvgIpc) is 3.27. The Morgan fingerprint density at radius 1 is 0.820 bits per heavy atom. The average molecular weight is 842 g/mol. The number of rotatable bonds is 11. The largest absolute Gasteiger partial charge is 0.443 e. The van der Waals surface area contributed by atoms with Crippen LogP contribution in [0.4, 0.5) is 9.18 Å². The van der Waals surface area contributed by atoms with Gasteiger partial charge in [-0.05, 0) is 94.4 Å². The lowest BCUT2D eigenvalue weighted by atomic mass is 9.82. The lowest BCUT2D eigenvalue weighted by Gasteiger charge is -2.40. The lowest BCUT2D eigenvalue weighted by Crippen LogP contribution is -2.56. The van der Waals surface area contributed by atoms with Gasteiger partial charge < -0.3 is 29.5 Å². The number of piperidine rings is 2. The van der Waals surface area contributed by atoms with E-state index in [1.807, 2.05) is 24.0 Å². The highest BCUT2D eigenvalue weighted by Gasteiger charge is 2.40. The molecular weight excluding hydrogens is 782 g/mol. The van der Waals surface area contributed by atoms with E-state index in [-0.39, 0.29) is 41.1 Å².